The maximum atomic E-state index is 6.82. The predicted molar refractivity (Wildman–Crippen MR) is 166 cm³/mol. The molecule has 4 heterocycles. The van der Waals surface area contributed by atoms with Crippen LogP contribution in [0.5, 0.6) is 0 Å². The zero-order valence-corrected chi connectivity index (χ0v) is 27.1. The van der Waals surface area contributed by atoms with Crippen molar-refractivity contribution in [2.45, 2.75) is 141 Å². The Bertz CT molecular complexity index is 806. The van der Waals surface area contributed by atoms with Crippen LogP contribution in [-0.4, -0.2) is 89.0 Å². The van der Waals surface area contributed by atoms with Crippen LogP contribution in [0.4, 0.5) is 0 Å². The maximum absolute atomic E-state index is 6.82. The van der Waals surface area contributed by atoms with Crippen molar-refractivity contribution in [1.82, 2.24) is 0 Å². The number of rotatable bonds is 14. The molecular formula is C35H60O7. The minimum Gasteiger partial charge on any atom is -0.381 e. The Labute approximate surface area is 256 Å². The van der Waals surface area contributed by atoms with E-state index in [-0.39, 0.29) is 23.9 Å². The lowest BCUT2D eigenvalue weighted by atomic mass is 9.86. The van der Waals surface area contributed by atoms with E-state index in [0.717, 1.165) is 117 Å². The molecule has 7 nitrogen and oxygen atoms in total. The molecule has 242 valence electrons. The van der Waals surface area contributed by atoms with Gasteiger partial charge in [-0.1, -0.05) is 31.1 Å². The summed E-state index contributed by atoms with van der Waals surface area (Å²) in [7, 11) is 0. The molecule has 0 aromatic carbocycles. The van der Waals surface area contributed by atoms with Crippen LogP contribution >= 0.6 is 0 Å². The van der Waals surface area contributed by atoms with Crippen molar-refractivity contribution in [2.75, 3.05) is 52.9 Å². The second-order valence-electron chi connectivity index (χ2n) is 13.5. The SMILES string of the molecule is CC(C)=CCC(OC1CCOCC1)C(C)CCC[C@]1(C)OC/C(=C/COC2CCOCC2)CC[C@H]1OC1CCOCC1. The topological polar surface area (TPSA) is 64.6 Å². The van der Waals surface area contributed by atoms with E-state index >= 15 is 0 Å². The molecule has 4 aliphatic heterocycles. The number of hydrogen-bond acceptors (Lipinski definition) is 7. The van der Waals surface area contributed by atoms with E-state index in [1.807, 2.05) is 0 Å². The van der Waals surface area contributed by atoms with Crippen LogP contribution in [0.3, 0.4) is 0 Å². The summed E-state index contributed by atoms with van der Waals surface area (Å²) < 4.78 is 43.1. The highest BCUT2D eigenvalue weighted by Gasteiger charge is 2.40. The van der Waals surface area contributed by atoms with E-state index in [9.17, 15) is 0 Å². The lowest BCUT2D eigenvalue weighted by Crippen LogP contribution is -2.45. The van der Waals surface area contributed by atoms with Gasteiger partial charge in [-0.05, 0) is 103 Å². The van der Waals surface area contributed by atoms with Gasteiger partial charge in [0, 0.05) is 39.6 Å². The standard InChI is InChI=1S/C35H60O7/c1-27(2)7-9-33(41-31-14-21-37-22-15-31)28(3)6-5-18-35(4)34(42-32-16-23-38-24-17-32)10-8-29(26-40-35)11-25-39-30-12-19-36-20-13-30/h7,11,28,30-34H,5-6,8-10,12-26H2,1-4H3/b29-11+/t28?,33?,34-,35+/m1/s1. The molecule has 0 N–H and O–H groups in total. The average molecular weight is 593 g/mol. The van der Waals surface area contributed by atoms with Crippen LogP contribution < -0.4 is 0 Å². The van der Waals surface area contributed by atoms with Gasteiger partial charge in [0.25, 0.3) is 0 Å². The second-order valence-corrected chi connectivity index (χ2v) is 13.5. The van der Waals surface area contributed by atoms with E-state index in [1.54, 1.807) is 0 Å². The van der Waals surface area contributed by atoms with Gasteiger partial charge in [0.15, 0.2) is 0 Å². The van der Waals surface area contributed by atoms with Gasteiger partial charge in [-0.3, -0.25) is 0 Å². The van der Waals surface area contributed by atoms with Crippen LogP contribution in [-0.2, 0) is 33.2 Å². The highest BCUT2D eigenvalue weighted by Crippen LogP contribution is 2.36. The van der Waals surface area contributed by atoms with Crippen molar-refractivity contribution in [3.63, 3.8) is 0 Å². The van der Waals surface area contributed by atoms with Crippen LogP contribution in [0, 0.1) is 5.92 Å². The first kappa shape index (κ1) is 34.1. The molecule has 0 aromatic rings. The third-order valence-corrected chi connectivity index (χ3v) is 9.65. The number of ether oxygens (including phenoxy) is 7. The van der Waals surface area contributed by atoms with Gasteiger partial charge in [0.05, 0.1) is 49.3 Å². The first-order chi connectivity index (χ1) is 20.4. The summed E-state index contributed by atoms with van der Waals surface area (Å²) in [5.74, 6) is 0.477. The average Bonchev–Trinajstić information content (AvgIpc) is 3.15. The Balaban J connectivity index is 1.34. The van der Waals surface area contributed by atoms with E-state index in [0.29, 0.717) is 31.3 Å². The highest BCUT2D eigenvalue weighted by molar-refractivity contribution is 5.07. The Kier molecular flexibility index (Phi) is 14.8. The lowest BCUT2D eigenvalue weighted by Gasteiger charge is -2.39. The smallest absolute Gasteiger partial charge is 0.0919 e. The minimum atomic E-state index is -0.313. The van der Waals surface area contributed by atoms with Gasteiger partial charge in [-0.15, -0.1) is 0 Å². The summed E-state index contributed by atoms with van der Waals surface area (Å²) in [5, 5.41) is 0. The normalized spacial score (nSPS) is 29.7. The Morgan fingerprint density at radius 1 is 0.881 bits per heavy atom. The van der Waals surface area contributed by atoms with Crippen molar-refractivity contribution in [2.24, 2.45) is 5.92 Å². The van der Waals surface area contributed by atoms with Crippen molar-refractivity contribution in [3.8, 4) is 0 Å². The van der Waals surface area contributed by atoms with E-state index in [1.165, 1.54) is 11.1 Å². The third-order valence-electron chi connectivity index (χ3n) is 9.65. The Morgan fingerprint density at radius 2 is 1.50 bits per heavy atom. The summed E-state index contributed by atoms with van der Waals surface area (Å²) >= 11 is 0. The third kappa shape index (κ3) is 11.6. The largest absolute Gasteiger partial charge is 0.381 e. The van der Waals surface area contributed by atoms with Crippen LogP contribution in [0.15, 0.2) is 23.3 Å². The molecule has 0 amide bonds. The molecule has 4 aliphatic rings. The fourth-order valence-corrected chi connectivity index (χ4v) is 6.63. The molecule has 42 heavy (non-hydrogen) atoms. The fourth-order valence-electron chi connectivity index (χ4n) is 6.63. The van der Waals surface area contributed by atoms with Crippen LogP contribution in [0.25, 0.3) is 0 Å². The van der Waals surface area contributed by atoms with E-state index in [4.69, 9.17) is 33.2 Å². The number of hydrogen-bond donors (Lipinski definition) is 0. The predicted octanol–water partition coefficient (Wildman–Crippen LogP) is 6.97. The van der Waals surface area contributed by atoms with Crippen molar-refractivity contribution >= 4 is 0 Å². The van der Waals surface area contributed by atoms with E-state index in [2.05, 4.69) is 39.8 Å². The maximum Gasteiger partial charge on any atom is 0.0919 e. The monoisotopic (exact) mass is 592 g/mol. The minimum absolute atomic E-state index is 0.0816. The Hall–Kier alpha value is -0.800. The van der Waals surface area contributed by atoms with Gasteiger partial charge in [-0.2, -0.15) is 0 Å². The summed E-state index contributed by atoms with van der Waals surface area (Å²) in [5.41, 5.74) is 2.38. The zero-order valence-electron chi connectivity index (χ0n) is 27.1. The lowest BCUT2D eigenvalue weighted by molar-refractivity contribution is -0.165. The van der Waals surface area contributed by atoms with Crippen molar-refractivity contribution in [3.05, 3.63) is 23.3 Å². The number of allylic oxidation sites excluding steroid dienone is 1. The molecule has 4 rings (SSSR count). The highest BCUT2D eigenvalue weighted by atomic mass is 16.6. The molecule has 4 fully saturated rings. The molecular weight excluding hydrogens is 532 g/mol. The summed E-state index contributed by atoms with van der Waals surface area (Å²) in [6.45, 7) is 15.2. The molecule has 4 saturated heterocycles. The van der Waals surface area contributed by atoms with Crippen LogP contribution in [0.1, 0.15) is 105 Å². The van der Waals surface area contributed by atoms with Gasteiger partial charge < -0.3 is 33.2 Å². The molecule has 0 aromatic heterocycles. The molecule has 7 heteroatoms. The molecule has 0 aliphatic carbocycles. The van der Waals surface area contributed by atoms with Crippen LogP contribution in [0.2, 0.25) is 0 Å². The van der Waals surface area contributed by atoms with Crippen molar-refractivity contribution < 1.29 is 33.2 Å². The van der Waals surface area contributed by atoms with Crippen molar-refractivity contribution in [1.29, 1.82) is 0 Å². The summed E-state index contributed by atoms with van der Waals surface area (Å²) in [4.78, 5) is 0. The van der Waals surface area contributed by atoms with E-state index < -0.39 is 0 Å². The van der Waals surface area contributed by atoms with Gasteiger partial charge in [0.2, 0.25) is 0 Å². The molecule has 4 atom stereocenters. The molecule has 2 unspecified atom stereocenters. The molecule has 0 radical (unpaired) electrons. The first-order valence-electron chi connectivity index (χ1n) is 17.0. The summed E-state index contributed by atoms with van der Waals surface area (Å²) in [6.07, 6.45) is 17.9. The zero-order chi connectivity index (χ0) is 29.6. The molecule has 0 bridgehead atoms. The quantitative estimate of drug-likeness (QED) is 0.202. The van der Waals surface area contributed by atoms with Gasteiger partial charge in [0.1, 0.15) is 0 Å². The fraction of sp³-hybridized carbons (Fsp3) is 0.886. The second kappa shape index (κ2) is 18.2. The Morgan fingerprint density at radius 3 is 2.14 bits per heavy atom. The molecule has 0 spiro atoms. The molecule has 0 saturated carbocycles. The summed E-state index contributed by atoms with van der Waals surface area (Å²) in [6, 6.07) is 0. The van der Waals surface area contributed by atoms with Gasteiger partial charge >= 0.3 is 0 Å². The van der Waals surface area contributed by atoms with Gasteiger partial charge in [-0.25, -0.2) is 0 Å². The first-order valence-corrected chi connectivity index (χ1v) is 17.0.